The zero-order valence-electron chi connectivity index (χ0n) is 31.5. The van der Waals surface area contributed by atoms with Gasteiger partial charge in [-0.1, -0.05) is 133 Å². The molecule has 13 rings (SSSR count). The molecule has 4 nitrogen and oxygen atoms in total. The van der Waals surface area contributed by atoms with Gasteiger partial charge in [0.15, 0.2) is 0 Å². The Hall–Kier alpha value is -6.65. The molecule has 0 spiro atoms. The number of hydrogen-bond donors (Lipinski definition) is 0. The van der Waals surface area contributed by atoms with Crippen LogP contribution in [0.2, 0.25) is 0 Å². The molecule has 1 aliphatic heterocycles. The van der Waals surface area contributed by atoms with Crippen molar-refractivity contribution in [3.05, 3.63) is 191 Å². The maximum atomic E-state index is 6.91. The zero-order chi connectivity index (χ0) is 37.2. The summed E-state index contributed by atoms with van der Waals surface area (Å²) in [6.07, 6.45) is 23.4. The van der Waals surface area contributed by atoms with E-state index in [-0.39, 0.29) is 11.8 Å². The van der Waals surface area contributed by atoms with Crippen molar-refractivity contribution in [3.8, 4) is 0 Å². The lowest BCUT2D eigenvalue weighted by molar-refractivity contribution is 0.458. The van der Waals surface area contributed by atoms with Gasteiger partial charge < -0.3 is 8.98 Å². The number of fused-ring (bicyclic) bond motifs is 14. The van der Waals surface area contributed by atoms with E-state index in [1.807, 2.05) is 0 Å². The fraction of sp³-hybridized carbons (Fsp3) is 0.151. The normalized spacial score (nSPS) is 20.6. The summed E-state index contributed by atoms with van der Waals surface area (Å²) in [7, 11) is 0. The predicted molar refractivity (Wildman–Crippen MR) is 235 cm³/mol. The molecular formula is C53H39N3O. The fourth-order valence-electron chi connectivity index (χ4n) is 11.0. The number of furan rings is 1. The van der Waals surface area contributed by atoms with Gasteiger partial charge in [0, 0.05) is 56.8 Å². The third-order valence-electron chi connectivity index (χ3n) is 13.4. The van der Waals surface area contributed by atoms with Crippen LogP contribution in [0.1, 0.15) is 70.4 Å². The summed E-state index contributed by atoms with van der Waals surface area (Å²) in [4.78, 5) is 5.69. The number of aliphatic imine (C=N–C) groups is 1. The van der Waals surface area contributed by atoms with Crippen LogP contribution in [0.25, 0.3) is 61.5 Å². The Kier molecular flexibility index (Phi) is 6.60. The molecule has 0 fully saturated rings. The van der Waals surface area contributed by atoms with Crippen LogP contribution < -0.4 is 0 Å². The molecule has 0 N–H and O–H groups in total. The molecule has 272 valence electrons. The summed E-state index contributed by atoms with van der Waals surface area (Å²) >= 11 is 0. The van der Waals surface area contributed by atoms with Crippen LogP contribution in [0.15, 0.2) is 161 Å². The number of allylic oxidation sites excluding steroid dienone is 7. The van der Waals surface area contributed by atoms with Gasteiger partial charge in [-0.2, -0.15) is 0 Å². The standard InChI is InChI=1S/C53H39N3O/c1-2-16-34-33(14-1)30-41(36-18-4-3-17-35(34)36)42-31-49(54-52-40-22-8-12-27-48(40)57-53(42)52)56-45-25-11-7-21-39(45)51-47(56)29-28-32-15-13-26-46(50(32)51)55-43-23-9-5-19-37(43)38-20-6-10-24-44(38)55/h1-7,9-12,14,16-21,23-30,35-36,42H,8,13,15,22,31H2. The molecule has 4 aliphatic carbocycles. The van der Waals surface area contributed by atoms with Crippen LogP contribution in [0, 0.1) is 5.92 Å². The number of rotatable bonds is 2. The fourth-order valence-corrected chi connectivity index (χ4v) is 11.0. The van der Waals surface area contributed by atoms with Crippen LogP contribution in [-0.4, -0.2) is 15.0 Å². The van der Waals surface area contributed by atoms with Crippen LogP contribution in [0.4, 0.5) is 5.69 Å². The molecule has 5 aliphatic rings. The smallest absolute Gasteiger partial charge is 0.138 e. The van der Waals surface area contributed by atoms with Crippen molar-refractivity contribution < 1.29 is 4.42 Å². The first-order valence-corrected chi connectivity index (χ1v) is 20.6. The average Bonchev–Trinajstić information content (AvgIpc) is 3.93. The average molecular weight is 734 g/mol. The summed E-state index contributed by atoms with van der Waals surface area (Å²) in [5.41, 5.74) is 15.3. The Morgan fingerprint density at radius 1 is 0.649 bits per heavy atom. The Morgan fingerprint density at radius 3 is 2.19 bits per heavy atom. The lowest BCUT2D eigenvalue weighted by atomic mass is 9.68. The minimum Gasteiger partial charge on any atom is -0.458 e. The lowest BCUT2D eigenvalue weighted by Crippen LogP contribution is -2.26. The predicted octanol–water partition coefficient (Wildman–Crippen LogP) is 13.3. The second-order valence-corrected chi connectivity index (χ2v) is 16.3. The zero-order valence-corrected chi connectivity index (χ0v) is 31.5. The molecular weight excluding hydrogens is 695 g/mol. The van der Waals surface area contributed by atoms with Crippen LogP contribution >= 0.6 is 0 Å². The minimum atomic E-state index is 0.0467. The quantitative estimate of drug-likeness (QED) is 0.174. The molecule has 3 atom stereocenters. The topological polar surface area (TPSA) is 35.4 Å². The Morgan fingerprint density at radius 2 is 1.37 bits per heavy atom. The Bertz CT molecular complexity index is 3190. The Balaban J connectivity index is 1.06. The molecule has 4 heteroatoms. The summed E-state index contributed by atoms with van der Waals surface area (Å²) in [5, 5.41) is 5.16. The second-order valence-electron chi connectivity index (χ2n) is 16.3. The van der Waals surface area contributed by atoms with Gasteiger partial charge >= 0.3 is 0 Å². The molecule has 3 aromatic heterocycles. The Labute approximate surface area is 330 Å². The van der Waals surface area contributed by atoms with Gasteiger partial charge in [-0.15, -0.1) is 0 Å². The molecule has 0 amide bonds. The number of para-hydroxylation sites is 3. The maximum absolute atomic E-state index is 6.91. The van der Waals surface area contributed by atoms with Crippen LogP contribution in [0.3, 0.4) is 0 Å². The number of aryl methyl sites for hydroxylation is 1. The summed E-state index contributed by atoms with van der Waals surface area (Å²) < 4.78 is 11.9. The van der Waals surface area contributed by atoms with E-state index in [9.17, 15) is 0 Å². The van der Waals surface area contributed by atoms with E-state index in [2.05, 4.69) is 167 Å². The lowest BCUT2D eigenvalue weighted by Gasteiger charge is -2.37. The van der Waals surface area contributed by atoms with Crippen molar-refractivity contribution in [3.63, 3.8) is 0 Å². The van der Waals surface area contributed by atoms with Gasteiger partial charge in [0.25, 0.3) is 0 Å². The number of benzene rings is 5. The highest BCUT2D eigenvalue weighted by molar-refractivity contribution is 6.20. The van der Waals surface area contributed by atoms with Gasteiger partial charge in [0.2, 0.25) is 0 Å². The monoisotopic (exact) mass is 733 g/mol. The van der Waals surface area contributed by atoms with Crippen molar-refractivity contribution in [1.29, 1.82) is 0 Å². The third kappa shape index (κ3) is 4.41. The van der Waals surface area contributed by atoms with Crippen molar-refractivity contribution in [2.24, 2.45) is 10.9 Å². The minimum absolute atomic E-state index is 0.0467. The SMILES string of the molecule is C1=CC2C(C3CC(n4c5ccccc5c5c6c(ccc54)CCC=C6n4c5ccccc5c5ccccc54)=Nc4c3oc3c4CCC=C3)=Cc3ccccc3C2C=C1. The van der Waals surface area contributed by atoms with Crippen molar-refractivity contribution in [2.45, 2.75) is 43.9 Å². The van der Waals surface area contributed by atoms with E-state index in [1.165, 1.54) is 82.7 Å². The van der Waals surface area contributed by atoms with Gasteiger partial charge in [-0.05, 0) is 72.7 Å². The molecule has 0 radical (unpaired) electrons. The van der Waals surface area contributed by atoms with Crippen LogP contribution in [0.5, 0.6) is 0 Å². The van der Waals surface area contributed by atoms with E-state index in [4.69, 9.17) is 9.41 Å². The number of aromatic nitrogens is 2. The summed E-state index contributed by atoms with van der Waals surface area (Å²) in [6.45, 7) is 0. The highest BCUT2D eigenvalue weighted by Crippen LogP contribution is 2.53. The first kappa shape index (κ1) is 31.5. The highest BCUT2D eigenvalue weighted by Gasteiger charge is 2.40. The largest absolute Gasteiger partial charge is 0.458 e. The molecule has 8 aromatic rings. The van der Waals surface area contributed by atoms with Crippen molar-refractivity contribution >= 4 is 73.0 Å². The molecule has 0 saturated carbocycles. The first-order valence-electron chi connectivity index (χ1n) is 20.6. The van der Waals surface area contributed by atoms with E-state index in [0.29, 0.717) is 5.92 Å². The van der Waals surface area contributed by atoms with Gasteiger partial charge in [-0.3, -0.25) is 4.57 Å². The number of hydrogen-bond acceptors (Lipinski definition) is 2. The maximum Gasteiger partial charge on any atom is 0.138 e. The molecule has 57 heavy (non-hydrogen) atoms. The van der Waals surface area contributed by atoms with E-state index >= 15 is 0 Å². The third-order valence-corrected chi connectivity index (χ3v) is 13.4. The molecule has 0 saturated heterocycles. The molecule has 4 heterocycles. The van der Waals surface area contributed by atoms with Crippen molar-refractivity contribution in [2.75, 3.05) is 0 Å². The van der Waals surface area contributed by atoms with E-state index < -0.39 is 0 Å². The summed E-state index contributed by atoms with van der Waals surface area (Å²) in [6, 6.07) is 40.5. The molecule has 3 unspecified atom stereocenters. The first-order chi connectivity index (χ1) is 28.3. The molecule has 0 bridgehead atoms. The van der Waals surface area contributed by atoms with Gasteiger partial charge in [0.1, 0.15) is 23.0 Å². The van der Waals surface area contributed by atoms with Crippen molar-refractivity contribution in [1.82, 2.24) is 9.13 Å². The van der Waals surface area contributed by atoms with Crippen LogP contribution in [-0.2, 0) is 12.8 Å². The van der Waals surface area contributed by atoms with Gasteiger partial charge in [-0.25, -0.2) is 4.99 Å². The highest BCUT2D eigenvalue weighted by atomic mass is 16.3. The second kappa shape index (κ2) is 11.9. The van der Waals surface area contributed by atoms with E-state index in [0.717, 1.165) is 55.1 Å². The summed E-state index contributed by atoms with van der Waals surface area (Å²) in [5.74, 6) is 3.69. The molecule has 5 aromatic carbocycles. The van der Waals surface area contributed by atoms with E-state index in [1.54, 1.807) is 0 Å². The number of nitrogens with zero attached hydrogens (tertiary/aromatic N) is 3. The van der Waals surface area contributed by atoms with Gasteiger partial charge in [0.05, 0.1) is 27.8 Å².